The van der Waals surface area contributed by atoms with Crippen LogP contribution < -0.4 is 15.4 Å². The summed E-state index contributed by atoms with van der Waals surface area (Å²) >= 11 is 0. The molecule has 0 aliphatic rings. The average molecular weight is 363 g/mol. The van der Waals surface area contributed by atoms with Crippen molar-refractivity contribution in [1.82, 2.24) is 20.4 Å². The molecule has 0 spiro atoms. The zero-order chi connectivity index (χ0) is 19.1. The summed E-state index contributed by atoms with van der Waals surface area (Å²) in [5, 5.41) is 11.2. The summed E-state index contributed by atoms with van der Waals surface area (Å²) in [5.74, 6) is 1.57. The fourth-order valence-corrected chi connectivity index (χ4v) is 2.62. The van der Waals surface area contributed by atoms with E-state index in [1.807, 2.05) is 41.2 Å². The second-order valence-corrected chi connectivity index (χ2v) is 6.21. The number of methoxy groups -OCH3 is 1. The maximum absolute atomic E-state index is 5.19. The Kier molecular flexibility index (Phi) is 6.10. The molecule has 140 valence electrons. The van der Waals surface area contributed by atoms with Gasteiger partial charge in [0.15, 0.2) is 5.96 Å². The minimum absolute atomic E-state index is 0.594. The number of nitrogens with zero attached hydrogens (tertiary/aromatic N) is 3. The Bertz CT molecular complexity index is 882. The summed E-state index contributed by atoms with van der Waals surface area (Å²) in [6.07, 6.45) is 1.95. The first kappa shape index (κ1) is 18.5. The zero-order valence-electron chi connectivity index (χ0n) is 15.9. The van der Waals surface area contributed by atoms with Gasteiger partial charge in [0, 0.05) is 19.8 Å². The van der Waals surface area contributed by atoms with Crippen molar-refractivity contribution in [3.8, 4) is 11.4 Å². The number of benzene rings is 2. The van der Waals surface area contributed by atoms with Crippen molar-refractivity contribution in [3.63, 3.8) is 0 Å². The van der Waals surface area contributed by atoms with Crippen molar-refractivity contribution in [3.05, 3.63) is 77.6 Å². The Morgan fingerprint density at radius 3 is 2.37 bits per heavy atom. The Balaban J connectivity index is 1.53. The molecule has 0 fully saturated rings. The van der Waals surface area contributed by atoms with E-state index in [2.05, 4.69) is 51.9 Å². The molecule has 3 aromatic rings. The first-order chi connectivity index (χ1) is 13.2. The predicted octanol–water partition coefficient (Wildman–Crippen LogP) is 3.05. The van der Waals surface area contributed by atoms with Crippen LogP contribution in [0.4, 0.5) is 0 Å². The molecular formula is C21H25N5O. The van der Waals surface area contributed by atoms with E-state index in [1.54, 1.807) is 14.2 Å². The molecule has 0 radical (unpaired) electrons. The fourth-order valence-electron chi connectivity index (χ4n) is 2.62. The van der Waals surface area contributed by atoms with Crippen LogP contribution in [0.3, 0.4) is 0 Å². The highest BCUT2D eigenvalue weighted by molar-refractivity contribution is 5.79. The molecule has 2 N–H and O–H groups in total. The lowest BCUT2D eigenvalue weighted by Crippen LogP contribution is -2.36. The molecule has 3 rings (SSSR count). The Morgan fingerprint density at radius 2 is 1.70 bits per heavy atom. The number of aryl methyl sites for hydroxylation is 1. The predicted molar refractivity (Wildman–Crippen MR) is 108 cm³/mol. The van der Waals surface area contributed by atoms with E-state index in [1.165, 1.54) is 11.1 Å². The third-order valence-corrected chi connectivity index (χ3v) is 4.22. The number of hydrogen-bond acceptors (Lipinski definition) is 3. The van der Waals surface area contributed by atoms with E-state index in [9.17, 15) is 0 Å². The van der Waals surface area contributed by atoms with Crippen LogP contribution in [0.5, 0.6) is 5.75 Å². The Labute approximate surface area is 159 Å². The summed E-state index contributed by atoms with van der Waals surface area (Å²) in [7, 11) is 3.42. The summed E-state index contributed by atoms with van der Waals surface area (Å²) < 4.78 is 7.03. The van der Waals surface area contributed by atoms with Crippen LogP contribution in [0, 0.1) is 6.92 Å². The third kappa shape index (κ3) is 5.10. The average Bonchev–Trinajstić information content (AvgIpc) is 3.18. The van der Waals surface area contributed by atoms with E-state index >= 15 is 0 Å². The monoisotopic (exact) mass is 363 g/mol. The van der Waals surface area contributed by atoms with E-state index < -0.39 is 0 Å². The minimum Gasteiger partial charge on any atom is -0.497 e. The largest absolute Gasteiger partial charge is 0.497 e. The van der Waals surface area contributed by atoms with Gasteiger partial charge >= 0.3 is 0 Å². The molecule has 0 aliphatic carbocycles. The van der Waals surface area contributed by atoms with Crippen molar-refractivity contribution in [2.75, 3.05) is 14.2 Å². The minimum atomic E-state index is 0.594. The normalized spacial score (nSPS) is 11.3. The summed E-state index contributed by atoms with van der Waals surface area (Å²) in [4.78, 5) is 4.27. The molecule has 0 saturated carbocycles. The first-order valence-corrected chi connectivity index (χ1v) is 8.87. The Morgan fingerprint density at radius 1 is 1.00 bits per heavy atom. The molecule has 0 atom stereocenters. The summed E-state index contributed by atoms with van der Waals surface area (Å²) in [6.45, 7) is 3.40. The number of guanidine groups is 1. The van der Waals surface area contributed by atoms with Crippen LogP contribution in [0.2, 0.25) is 0 Å². The highest BCUT2D eigenvalue weighted by Gasteiger charge is 2.04. The van der Waals surface area contributed by atoms with Crippen LogP contribution >= 0.6 is 0 Å². The lowest BCUT2D eigenvalue weighted by molar-refractivity contribution is 0.414. The van der Waals surface area contributed by atoms with Crippen molar-refractivity contribution in [1.29, 1.82) is 0 Å². The van der Waals surface area contributed by atoms with Gasteiger partial charge in [-0.1, -0.05) is 29.8 Å². The van der Waals surface area contributed by atoms with Crippen molar-refractivity contribution in [2.24, 2.45) is 4.99 Å². The smallest absolute Gasteiger partial charge is 0.191 e. The molecule has 0 saturated heterocycles. The number of nitrogens with one attached hydrogen (secondary N) is 2. The van der Waals surface area contributed by atoms with Gasteiger partial charge in [-0.25, -0.2) is 4.68 Å². The third-order valence-electron chi connectivity index (χ3n) is 4.22. The second kappa shape index (κ2) is 8.89. The SMILES string of the molecule is CN=C(NCc1ccc(C)cc1)NCc1ccn(-c2ccc(OC)cc2)n1. The second-order valence-electron chi connectivity index (χ2n) is 6.21. The van der Waals surface area contributed by atoms with E-state index in [4.69, 9.17) is 4.74 Å². The molecule has 0 unspecified atom stereocenters. The van der Waals surface area contributed by atoms with Crippen LogP contribution in [-0.4, -0.2) is 29.9 Å². The fraction of sp³-hybridized carbons (Fsp3) is 0.238. The van der Waals surface area contributed by atoms with E-state index in [0.717, 1.165) is 29.6 Å². The molecule has 0 amide bonds. The lowest BCUT2D eigenvalue weighted by Gasteiger charge is -2.11. The van der Waals surface area contributed by atoms with Gasteiger partial charge < -0.3 is 15.4 Å². The van der Waals surface area contributed by atoms with Crippen LogP contribution in [0.1, 0.15) is 16.8 Å². The zero-order valence-corrected chi connectivity index (χ0v) is 15.9. The number of hydrogen-bond donors (Lipinski definition) is 2. The molecule has 0 aliphatic heterocycles. The summed E-state index contributed by atoms with van der Waals surface area (Å²) in [6, 6.07) is 18.2. The highest BCUT2D eigenvalue weighted by atomic mass is 16.5. The van der Waals surface area contributed by atoms with Gasteiger partial charge in [0.25, 0.3) is 0 Å². The molecule has 6 nitrogen and oxygen atoms in total. The molecule has 2 aromatic carbocycles. The number of rotatable bonds is 6. The van der Waals surface area contributed by atoms with Gasteiger partial charge in [-0.3, -0.25) is 4.99 Å². The Hall–Kier alpha value is -3.28. The number of aliphatic imine (C=N–C) groups is 1. The number of aromatic nitrogens is 2. The first-order valence-electron chi connectivity index (χ1n) is 8.87. The maximum Gasteiger partial charge on any atom is 0.191 e. The quantitative estimate of drug-likeness (QED) is 0.522. The van der Waals surface area contributed by atoms with Gasteiger partial charge in [0.2, 0.25) is 0 Å². The van der Waals surface area contributed by atoms with Crippen molar-refractivity contribution < 1.29 is 4.74 Å². The van der Waals surface area contributed by atoms with Crippen LogP contribution in [0.25, 0.3) is 5.69 Å². The lowest BCUT2D eigenvalue weighted by atomic mass is 10.1. The standard InChI is InChI=1S/C21H25N5O/c1-16-4-6-17(7-5-16)14-23-21(22-2)24-15-18-12-13-26(25-18)19-8-10-20(27-3)11-9-19/h4-13H,14-15H2,1-3H3,(H2,22,23,24). The van der Waals surface area contributed by atoms with Gasteiger partial charge in [0.1, 0.15) is 5.75 Å². The molecular weight excluding hydrogens is 338 g/mol. The topological polar surface area (TPSA) is 63.5 Å². The van der Waals surface area contributed by atoms with E-state index in [0.29, 0.717) is 6.54 Å². The molecule has 1 heterocycles. The van der Waals surface area contributed by atoms with Crippen molar-refractivity contribution >= 4 is 5.96 Å². The van der Waals surface area contributed by atoms with Gasteiger partial charge in [0.05, 0.1) is 25.0 Å². The van der Waals surface area contributed by atoms with Gasteiger partial charge in [-0.2, -0.15) is 5.10 Å². The number of ether oxygens (including phenoxy) is 1. The van der Waals surface area contributed by atoms with E-state index in [-0.39, 0.29) is 0 Å². The van der Waals surface area contributed by atoms with Gasteiger partial charge in [-0.15, -0.1) is 0 Å². The summed E-state index contributed by atoms with van der Waals surface area (Å²) in [5.41, 5.74) is 4.40. The van der Waals surface area contributed by atoms with Crippen LogP contribution in [-0.2, 0) is 13.1 Å². The van der Waals surface area contributed by atoms with Crippen LogP contribution in [0.15, 0.2) is 65.8 Å². The van der Waals surface area contributed by atoms with Crippen molar-refractivity contribution in [2.45, 2.75) is 20.0 Å². The highest BCUT2D eigenvalue weighted by Crippen LogP contribution is 2.14. The molecule has 1 aromatic heterocycles. The maximum atomic E-state index is 5.19. The molecule has 0 bridgehead atoms. The molecule has 6 heteroatoms. The van der Waals surface area contributed by atoms with Gasteiger partial charge in [-0.05, 0) is 42.8 Å². The molecule has 27 heavy (non-hydrogen) atoms.